The second-order valence-electron chi connectivity index (χ2n) is 6.81. The Kier molecular flexibility index (Phi) is 8.54. The summed E-state index contributed by atoms with van der Waals surface area (Å²) in [5.41, 5.74) is 0.433. The SMILES string of the molecule is CCCC(CS)(CCC)CN1CCCN(C)CC1CC. The molecular weight excluding hydrogens is 264 g/mol. The van der Waals surface area contributed by atoms with Gasteiger partial charge < -0.3 is 4.90 Å². The fourth-order valence-electron chi connectivity index (χ4n) is 3.87. The monoisotopic (exact) mass is 300 g/mol. The molecule has 1 aliphatic heterocycles. The van der Waals surface area contributed by atoms with E-state index in [9.17, 15) is 0 Å². The normalized spacial score (nSPS) is 22.9. The summed E-state index contributed by atoms with van der Waals surface area (Å²) in [5.74, 6) is 1.04. The molecule has 0 saturated carbocycles. The zero-order chi connectivity index (χ0) is 15.0. The molecular formula is C17H36N2S. The van der Waals surface area contributed by atoms with Gasteiger partial charge in [-0.3, -0.25) is 4.90 Å². The van der Waals surface area contributed by atoms with E-state index in [2.05, 4.69) is 37.6 Å². The predicted molar refractivity (Wildman–Crippen MR) is 93.9 cm³/mol. The molecule has 0 spiro atoms. The van der Waals surface area contributed by atoms with Gasteiger partial charge >= 0.3 is 0 Å². The molecule has 0 N–H and O–H groups in total. The molecule has 120 valence electrons. The largest absolute Gasteiger partial charge is 0.305 e. The van der Waals surface area contributed by atoms with Crippen LogP contribution >= 0.6 is 12.6 Å². The summed E-state index contributed by atoms with van der Waals surface area (Å²) in [6, 6.07) is 0.732. The van der Waals surface area contributed by atoms with Crippen LogP contribution in [-0.2, 0) is 0 Å². The molecule has 1 unspecified atom stereocenters. The summed E-state index contributed by atoms with van der Waals surface area (Å²) in [5, 5.41) is 0. The Bertz CT molecular complexity index is 251. The number of hydrogen-bond donors (Lipinski definition) is 1. The molecule has 0 bridgehead atoms. The highest BCUT2D eigenvalue weighted by molar-refractivity contribution is 7.80. The standard InChI is InChI=1S/C17H36N2S/c1-5-9-17(15-20,10-6-2)14-19-12-8-11-18(4)13-16(19)7-3/h16,20H,5-15H2,1-4H3. The minimum absolute atomic E-state index is 0.433. The van der Waals surface area contributed by atoms with Crippen LogP contribution in [-0.4, -0.2) is 54.8 Å². The lowest BCUT2D eigenvalue weighted by atomic mass is 9.80. The first-order valence-electron chi connectivity index (χ1n) is 8.64. The van der Waals surface area contributed by atoms with Crippen LogP contribution in [0.3, 0.4) is 0 Å². The van der Waals surface area contributed by atoms with Crippen molar-refractivity contribution in [2.75, 3.05) is 39.0 Å². The fraction of sp³-hybridized carbons (Fsp3) is 1.00. The Morgan fingerprint density at radius 1 is 1.10 bits per heavy atom. The van der Waals surface area contributed by atoms with Gasteiger partial charge in [-0.05, 0) is 57.0 Å². The Balaban J connectivity index is 2.77. The van der Waals surface area contributed by atoms with Gasteiger partial charge in [0.15, 0.2) is 0 Å². The molecule has 3 heteroatoms. The summed E-state index contributed by atoms with van der Waals surface area (Å²) >= 11 is 4.74. The lowest BCUT2D eigenvalue weighted by Crippen LogP contribution is -2.46. The number of hydrogen-bond acceptors (Lipinski definition) is 3. The van der Waals surface area contributed by atoms with Gasteiger partial charge in [0.05, 0.1) is 0 Å². The Morgan fingerprint density at radius 3 is 2.25 bits per heavy atom. The van der Waals surface area contributed by atoms with Crippen LogP contribution in [0.1, 0.15) is 59.3 Å². The van der Waals surface area contributed by atoms with Crippen molar-refractivity contribution in [2.24, 2.45) is 5.41 Å². The third-order valence-electron chi connectivity index (χ3n) is 4.93. The highest BCUT2D eigenvalue weighted by Crippen LogP contribution is 2.33. The maximum atomic E-state index is 4.74. The smallest absolute Gasteiger partial charge is 0.0220 e. The summed E-state index contributed by atoms with van der Waals surface area (Å²) in [4.78, 5) is 5.29. The molecule has 0 radical (unpaired) electrons. The molecule has 1 rings (SSSR count). The average Bonchev–Trinajstić information content (AvgIpc) is 2.60. The van der Waals surface area contributed by atoms with Crippen molar-refractivity contribution in [1.82, 2.24) is 9.80 Å². The molecule has 20 heavy (non-hydrogen) atoms. The van der Waals surface area contributed by atoms with E-state index in [0.717, 1.165) is 11.8 Å². The van der Waals surface area contributed by atoms with Crippen molar-refractivity contribution in [3.63, 3.8) is 0 Å². The van der Waals surface area contributed by atoms with Gasteiger partial charge in [-0.2, -0.15) is 12.6 Å². The molecule has 1 atom stereocenters. The topological polar surface area (TPSA) is 6.48 Å². The number of rotatable bonds is 8. The quantitative estimate of drug-likeness (QED) is 0.679. The first-order chi connectivity index (χ1) is 9.60. The fourth-order valence-corrected chi connectivity index (χ4v) is 4.29. The van der Waals surface area contributed by atoms with Gasteiger partial charge in [-0.15, -0.1) is 0 Å². The van der Waals surface area contributed by atoms with Crippen LogP contribution in [0, 0.1) is 5.41 Å². The van der Waals surface area contributed by atoms with Crippen LogP contribution in [0.5, 0.6) is 0 Å². The van der Waals surface area contributed by atoms with Crippen molar-refractivity contribution < 1.29 is 0 Å². The summed E-state index contributed by atoms with van der Waals surface area (Å²) < 4.78 is 0. The number of nitrogens with zero attached hydrogens (tertiary/aromatic N) is 2. The zero-order valence-electron chi connectivity index (χ0n) is 14.2. The second-order valence-corrected chi connectivity index (χ2v) is 7.12. The van der Waals surface area contributed by atoms with Gasteiger partial charge in [-0.25, -0.2) is 0 Å². The van der Waals surface area contributed by atoms with Gasteiger partial charge in [0, 0.05) is 19.1 Å². The van der Waals surface area contributed by atoms with Gasteiger partial charge in [-0.1, -0.05) is 33.6 Å². The number of likely N-dealkylation sites (N-methyl/N-ethyl adjacent to an activating group) is 1. The summed E-state index contributed by atoms with van der Waals surface area (Å²) in [6.45, 7) is 12.0. The third-order valence-corrected chi connectivity index (χ3v) is 5.60. The maximum absolute atomic E-state index is 4.74. The molecule has 0 aromatic rings. The van der Waals surface area contributed by atoms with E-state index >= 15 is 0 Å². The van der Waals surface area contributed by atoms with E-state index in [1.807, 2.05) is 0 Å². The number of thiol groups is 1. The van der Waals surface area contributed by atoms with Crippen molar-refractivity contribution >= 4 is 12.6 Å². The molecule has 0 aliphatic carbocycles. The lowest BCUT2D eigenvalue weighted by Gasteiger charge is -2.40. The predicted octanol–water partition coefficient (Wildman–Crippen LogP) is 3.92. The minimum atomic E-state index is 0.433. The molecule has 1 fully saturated rings. The summed E-state index contributed by atoms with van der Waals surface area (Å²) in [7, 11) is 2.27. The Hall–Kier alpha value is 0.270. The van der Waals surface area contributed by atoms with Crippen molar-refractivity contribution in [1.29, 1.82) is 0 Å². The van der Waals surface area contributed by atoms with E-state index in [1.54, 1.807) is 0 Å². The van der Waals surface area contributed by atoms with E-state index in [-0.39, 0.29) is 0 Å². The van der Waals surface area contributed by atoms with Crippen LogP contribution in [0.15, 0.2) is 0 Å². The molecule has 0 aromatic carbocycles. The highest BCUT2D eigenvalue weighted by atomic mass is 32.1. The van der Waals surface area contributed by atoms with E-state index < -0.39 is 0 Å². The van der Waals surface area contributed by atoms with Crippen LogP contribution < -0.4 is 0 Å². The minimum Gasteiger partial charge on any atom is -0.305 e. The van der Waals surface area contributed by atoms with Gasteiger partial charge in [0.25, 0.3) is 0 Å². The molecule has 1 heterocycles. The van der Waals surface area contributed by atoms with E-state index in [4.69, 9.17) is 12.6 Å². The summed E-state index contributed by atoms with van der Waals surface area (Å²) in [6.07, 6.45) is 7.80. The Morgan fingerprint density at radius 2 is 1.75 bits per heavy atom. The van der Waals surface area contributed by atoms with E-state index in [0.29, 0.717) is 5.41 Å². The molecule has 0 amide bonds. The Labute approximate surface area is 132 Å². The van der Waals surface area contributed by atoms with Gasteiger partial charge in [0.1, 0.15) is 0 Å². The second kappa shape index (κ2) is 9.32. The molecule has 0 aromatic heterocycles. The first kappa shape index (κ1) is 18.3. The first-order valence-corrected chi connectivity index (χ1v) is 9.27. The van der Waals surface area contributed by atoms with Crippen LogP contribution in [0.2, 0.25) is 0 Å². The average molecular weight is 301 g/mol. The highest BCUT2D eigenvalue weighted by Gasteiger charge is 2.32. The van der Waals surface area contributed by atoms with Crippen molar-refractivity contribution in [3.8, 4) is 0 Å². The van der Waals surface area contributed by atoms with Crippen molar-refractivity contribution in [3.05, 3.63) is 0 Å². The zero-order valence-corrected chi connectivity index (χ0v) is 15.1. The molecule has 2 nitrogen and oxygen atoms in total. The molecule has 1 saturated heterocycles. The molecule has 1 aliphatic rings. The van der Waals surface area contributed by atoms with Crippen LogP contribution in [0.25, 0.3) is 0 Å². The lowest BCUT2D eigenvalue weighted by molar-refractivity contribution is 0.104. The van der Waals surface area contributed by atoms with Gasteiger partial charge in [0.2, 0.25) is 0 Å². The third kappa shape index (κ3) is 5.23. The van der Waals surface area contributed by atoms with Crippen molar-refractivity contribution in [2.45, 2.75) is 65.3 Å². The van der Waals surface area contributed by atoms with Crippen LogP contribution in [0.4, 0.5) is 0 Å². The van der Waals surface area contributed by atoms with E-state index in [1.165, 1.54) is 64.7 Å². The maximum Gasteiger partial charge on any atom is 0.0220 e.